The third-order valence-corrected chi connectivity index (χ3v) is 8.10. The summed E-state index contributed by atoms with van der Waals surface area (Å²) in [6.07, 6.45) is 0. The predicted molar refractivity (Wildman–Crippen MR) is 168 cm³/mol. The molecule has 206 valence electrons. The Balaban J connectivity index is 1.19. The van der Waals surface area contributed by atoms with E-state index in [1.807, 2.05) is 79.7 Å². The molecule has 2 N–H and O–H groups in total. The highest BCUT2D eigenvalue weighted by Gasteiger charge is 2.39. The number of rotatable bonds is 7. The molecular formula is C33H23ClN4O3S. The van der Waals surface area contributed by atoms with E-state index in [1.165, 1.54) is 11.3 Å². The van der Waals surface area contributed by atoms with E-state index in [1.54, 1.807) is 36.4 Å². The van der Waals surface area contributed by atoms with Crippen molar-refractivity contribution < 1.29 is 14.4 Å². The molecule has 0 bridgehead atoms. The van der Waals surface area contributed by atoms with Gasteiger partial charge in [-0.05, 0) is 48.4 Å². The van der Waals surface area contributed by atoms with Gasteiger partial charge in [-0.15, -0.1) is 0 Å². The molecule has 6 rings (SSSR count). The van der Waals surface area contributed by atoms with Gasteiger partial charge >= 0.3 is 0 Å². The second-order valence-electron chi connectivity index (χ2n) is 9.51. The zero-order valence-corrected chi connectivity index (χ0v) is 23.9. The van der Waals surface area contributed by atoms with E-state index in [-0.39, 0.29) is 16.6 Å². The second-order valence-corrected chi connectivity index (χ2v) is 10.9. The topological polar surface area (TPSA) is 91.4 Å². The average molecular weight is 591 g/mol. The van der Waals surface area contributed by atoms with Gasteiger partial charge in [0.05, 0.1) is 16.3 Å². The number of nitrogens with one attached hydrogen (secondary N) is 2. The van der Waals surface area contributed by atoms with Crippen molar-refractivity contribution in [1.29, 1.82) is 0 Å². The zero-order chi connectivity index (χ0) is 29.2. The van der Waals surface area contributed by atoms with Crippen molar-refractivity contribution in [2.24, 2.45) is 0 Å². The third kappa shape index (κ3) is 5.21. The Morgan fingerprint density at radius 1 is 0.786 bits per heavy atom. The van der Waals surface area contributed by atoms with Crippen LogP contribution in [0.4, 0.5) is 16.5 Å². The molecule has 4 aromatic carbocycles. The van der Waals surface area contributed by atoms with Crippen molar-refractivity contribution in [3.8, 4) is 21.7 Å². The SMILES string of the molecule is Cc1ccccc1N1C(=O)C(Cl)=C(Nc2ccc(C(=O)Nc3nc(-c4ccccc4)c(-c4ccccc4)s3)cc2)C1=O. The van der Waals surface area contributed by atoms with Gasteiger partial charge in [-0.1, -0.05) is 102 Å². The molecular weight excluding hydrogens is 568 g/mol. The third-order valence-electron chi connectivity index (χ3n) is 6.73. The number of benzene rings is 4. The summed E-state index contributed by atoms with van der Waals surface area (Å²) in [4.78, 5) is 45.8. The number of anilines is 3. The van der Waals surface area contributed by atoms with Gasteiger partial charge in [0.25, 0.3) is 17.7 Å². The van der Waals surface area contributed by atoms with Crippen LogP contribution in [0.2, 0.25) is 0 Å². The number of carbonyl (C=O) groups is 3. The van der Waals surface area contributed by atoms with Gasteiger partial charge in [0.1, 0.15) is 10.7 Å². The highest BCUT2D eigenvalue weighted by Crippen LogP contribution is 2.39. The molecule has 3 amide bonds. The Hall–Kier alpha value is -5.05. The molecule has 0 fully saturated rings. The largest absolute Gasteiger partial charge is 0.350 e. The maximum Gasteiger partial charge on any atom is 0.283 e. The summed E-state index contributed by atoms with van der Waals surface area (Å²) in [6.45, 7) is 1.82. The molecule has 42 heavy (non-hydrogen) atoms. The number of para-hydroxylation sites is 1. The summed E-state index contributed by atoms with van der Waals surface area (Å²) < 4.78 is 0. The van der Waals surface area contributed by atoms with E-state index in [9.17, 15) is 14.4 Å². The average Bonchev–Trinajstić information content (AvgIpc) is 3.53. The number of hydrogen-bond donors (Lipinski definition) is 2. The highest BCUT2D eigenvalue weighted by molar-refractivity contribution is 7.19. The van der Waals surface area contributed by atoms with Gasteiger partial charge in [0, 0.05) is 16.8 Å². The van der Waals surface area contributed by atoms with Crippen LogP contribution in [-0.4, -0.2) is 22.7 Å². The molecule has 0 saturated heterocycles. The van der Waals surface area contributed by atoms with Crippen molar-refractivity contribution in [2.45, 2.75) is 6.92 Å². The lowest BCUT2D eigenvalue weighted by Gasteiger charge is -2.17. The number of amides is 3. The van der Waals surface area contributed by atoms with Crippen molar-refractivity contribution in [2.75, 3.05) is 15.5 Å². The Labute approximate surface area is 251 Å². The van der Waals surface area contributed by atoms with E-state index in [4.69, 9.17) is 16.6 Å². The number of nitrogens with zero attached hydrogens (tertiary/aromatic N) is 2. The monoisotopic (exact) mass is 590 g/mol. The van der Waals surface area contributed by atoms with Crippen LogP contribution in [0.15, 0.2) is 120 Å². The zero-order valence-electron chi connectivity index (χ0n) is 22.3. The lowest BCUT2D eigenvalue weighted by molar-refractivity contribution is -0.120. The molecule has 0 spiro atoms. The fourth-order valence-electron chi connectivity index (χ4n) is 4.61. The molecule has 7 nitrogen and oxygen atoms in total. The fourth-order valence-corrected chi connectivity index (χ4v) is 5.81. The van der Waals surface area contributed by atoms with E-state index < -0.39 is 11.8 Å². The van der Waals surface area contributed by atoms with E-state index in [2.05, 4.69) is 10.6 Å². The minimum atomic E-state index is -0.595. The number of halogens is 1. The van der Waals surface area contributed by atoms with Crippen LogP contribution in [0.3, 0.4) is 0 Å². The standard InChI is InChI=1S/C33H23ClN4O3S/c1-20-10-8-9-15-25(20)38-31(40)26(34)28(32(38)41)35-24-18-16-23(17-19-24)30(39)37-33-36-27(21-11-4-2-5-12-21)29(42-33)22-13-6-3-7-14-22/h2-19,35H,1H3,(H,36,37,39). The van der Waals surface area contributed by atoms with E-state index >= 15 is 0 Å². The van der Waals surface area contributed by atoms with Crippen LogP contribution in [0.25, 0.3) is 21.7 Å². The molecule has 1 aliphatic heterocycles. The van der Waals surface area contributed by atoms with Gasteiger partial charge in [0.2, 0.25) is 0 Å². The van der Waals surface area contributed by atoms with Crippen LogP contribution in [-0.2, 0) is 9.59 Å². The summed E-state index contributed by atoms with van der Waals surface area (Å²) in [5, 5.41) is 6.14. The number of imide groups is 1. The Bertz CT molecular complexity index is 1790. The number of thiazole rings is 1. The predicted octanol–water partition coefficient (Wildman–Crippen LogP) is 7.47. The quantitative estimate of drug-likeness (QED) is 0.192. The maximum absolute atomic E-state index is 13.1. The summed E-state index contributed by atoms with van der Waals surface area (Å²) in [5.74, 6) is -1.47. The summed E-state index contributed by atoms with van der Waals surface area (Å²) in [6, 6.07) is 33.4. The van der Waals surface area contributed by atoms with Crippen LogP contribution in [0.5, 0.6) is 0 Å². The first-order valence-corrected chi connectivity index (χ1v) is 14.2. The first kappa shape index (κ1) is 27.1. The van der Waals surface area contributed by atoms with Crippen molar-refractivity contribution in [3.63, 3.8) is 0 Å². The van der Waals surface area contributed by atoms with Gasteiger partial charge in [-0.3, -0.25) is 19.7 Å². The lowest BCUT2D eigenvalue weighted by Crippen LogP contribution is -2.32. The van der Waals surface area contributed by atoms with Gasteiger partial charge in [0.15, 0.2) is 5.13 Å². The minimum Gasteiger partial charge on any atom is -0.350 e. The molecule has 9 heteroatoms. The molecule has 2 heterocycles. The van der Waals surface area contributed by atoms with Crippen LogP contribution >= 0.6 is 22.9 Å². The summed E-state index contributed by atoms with van der Waals surface area (Å²) in [5.41, 5.74) is 4.88. The second kappa shape index (κ2) is 11.4. The Morgan fingerprint density at radius 3 is 2.07 bits per heavy atom. The van der Waals surface area contributed by atoms with Crippen molar-refractivity contribution >= 4 is 57.2 Å². The van der Waals surface area contributed by atoms with E-state index in [0.29, 0.717) is 22.1 Å². The molecule has 0 saturated carbocycles. The smallest absolute Gasteiger partial charge is 0.283 e. The van der Waals surface area contributed by atoms with Gasteiger partial charge in [-0.2, -0.15) is 0 Å². The normalized spacial score (nSPS) is 13.0. The van der Waals surface area contributed by atoms with Crippen LogP contribution in [0.1, 0.15) is 15.9 Å². The fraction of sp³-hybridized carbons (Fsp3) is 0.0303. The number of aromatic nitrogens is 1. The first-order valence-electron chi connectivity index (χ1n) is 13.0. The Kier molecular flexibility index (Phi) is 7.39. The van der Waals surface area contributed by atoms with Crippen molar-refractivity contribution in [3.05, 3.63) is 131 Å². The van der Waals surface area contributed by atoms with Crippen LogP contribution in [0, 0.1) is 6.92 Å². The molecule has 0 unspecified atom stereocenters. The molecule has 0 aliphatic carbocycles. The number of hydrogen-bond acceptors (Lipinski definition) is 6. The minimum absolute atomic E-state index is 0.0215. The maximum atomic E-state index is 13.1. The number of aryl methyl sites for hydroxylation is 1. The van der Waals surface area contributed by atoms with Crippen molar-refractivity contribution in [1.82, 2.24) is 4.98 Å². The first-order chi connectivity index (χ1) is 20.4. The van der Waals surface area contributed by atoms with Crippen LogP contribution < -0.4 is 15.5 Å². The van der Waals surface area contributed by atoms with Gasteiger partial charge < -0.3 is 5.32 Å². The summed E-state index contributed by atoms with van der Waals surface area (Å²) >= 11 is 7.69. The molecule has 0 radical (unpaired) electrons. The van der Waals surface area contributed by atoms with E-state index in [0.717, 1.165) is 32.2 Å². The Morgan fingerprint density at radius 2 is 1.40 bits per heavy atom. The molecule has 0 atom stereocenters. The highest BCUT2D eigenvalue weighted by atomic mass is 35.5. The molecule has 1 aromatic heterocycles. The van der Waals surface area contributed by atoms with Gasteiger partial charge in [-0.25, -0.2) is 9.88 Å². The lowest BCUT2D eigenvalue weighted by atomic mass is 10.1. The molecule has 5 aromatic rings. The molecule has 1 aliphatic rings. The summed E-state index contributed by atoms with van der Waals surface area (Å²) in [7, 11) is 0. The number of carbonyl (C=O) groups excluding carboxylic acids is 3.